The van der Waals surface area contributed by atoms with E-state index in [9.17, 15) is 0 Å². The van der Waals surface area contributed by atoms with Crippen molar-refractivity contribution in [2.24, 2.45) is 4.99 Å². The van der Waals surface area contributed by atoms with Crippen LogP contribution in [0.3, 0.4) is 0 Å². The zero-order chi connectivity index (χ0) is 22.8. The van der Waals surface area contributed by atoms with Gasteiger partial charge in [0, 0.05) is 45.5 Å². The number of benzene rings is 1. The van der Waals surface area contributed by atoms with Gasteiger partial charge in [0.05, 0.1) is 40.6 Å². The van der Waals surface area contributed by atoms with Crippen molar-refractivity contribution in [3.05, 3.63) is 47.7 Å². The summed E-state index contributed by atoms with van der Waals surface area (Å²) in [5.41, 5.74) is 2.19. The molecule has 0 amide bonds. The molecule has 1 saturated heterocycles. The molecule has 0 radical (unpaired) electrons. The van der Waals surface area contributed by atoms with Gasteiger partial charge in [0.1, 0.15) is 0 Å². The number of aliphatic imine (C=N–C) groups is 1. The number of pyridine rings is 1. The summed E-state index contributed by atoms with van der Waals surface area (Å²) in [6, 6.07) is 10.0. The van der Waals surface area contributed by atoms with Gasteiger partial charge in [-0.15, -0.1) is 0 Å². The lowest BCUT2D eigenvalue weighted by molar-refractivity contribution is 0.0169. The van der Waals surface area contributed by atoms with Crippen LogP contribution in [0.1, 0.15) is 17.2 Å². The molecule has 2 N–H and O–H groups in total. The molecule has 1 fully saturated rings. The van der Waals surface area contributed by atoms with E-state index >= 15 is 0 Å². The third-order valence-electron chi connectivity index (χ3n) is 5.43. The van der Waals surface area contributed by atoms with Crippen molar-refractivity contribution in [3.8, 4) is 17.4 Å². The van der Waals surface area contributed by atoms with Crippen LogP contribution in [0.5, 0.6) is 17.4 Å². The Morgan fingerprint density at radius 2 is 1.84 bits per heavy atom. The van der Waals surface area contributed by atoms with Crippen LogP contribution in [0.4, 0.5) is 0 Å². The molecular weight excluding hydrogens is 410 g/mol. The average molecular weight is 444 g/mol. The first-order valence-corrected chi connectivity index (χ1v) is 10.7. The molecule has 32 heavy (non-hydrogen) atoms. The van der Waals surface area contributed by atoms with Crippen LogP contribution in [-0.4, -0.2) is 77.1 Å². The van der Waals surface area contributed by atoms with Crippen molar-refractivity contribution in [2.45, 2.75) is 12.6 Å². The molecule has 1 aromatic carbocycles. The van der Waals surface area contributed by atoms with Crippen LogP contribution in [0.15, 0.2) is 41.5 Å². The Balaban J connectivity index is 1.68. The molecule has 2 aromatic rings. The Kier molecular flexibility index (Phi) is 8.94. The monoisotopic (exact) mass is 443 g/mol. The number of ether oxygens (including phenoxy) is 4. The van der Waals surface area contributed by atoms with Crippen molar-refractivity contribution >= 4 is 5.96 Å². The normalized spacial score (nSPS) is 15.7. The number of morpholine rings is 1. The SMILES string of the molecule is CN=C(NCc1ccc(OC)nc1)NCC(c1ccc(OC)c(OC)c1)N1CCOCC1. The summed E-state index contributed by atoms with van der Waals surface area (Å²) < 4.78 is 21.6. The lowest BCUT2D eigenvalue weighted by Crippen LogP contribution is -2.46. The zero-order valence-electron chi connectivity index (χ0n) is 19.3. The van der Waals surface area contributed by atoms with Gasteiger partial charge in [0.2, 0.25) is 5.88 Å². The number of nitrogens with zero attached hydrogens (tertiary/aromatic N) is 3. The van der Waals surface area contributed by atoms with Gasteiger partial charge in [0.15, 0.2) is 17.5 Å². The van der Waals surface area contributed by atoms with E-state index in [4.69, 9.17) is 18.9 Å². The largest absolute Gasteiger partial charge is 0.493 e. The molecule has 0 aliphatic carbocycles. The number of hydrogen-bond donors (Lipinski definition) is 2. The Hall–Kier alpha value is -3.04. The average Bonchev–Trinajstić information content (AvgIpc) is 2.86. The zero-order valence-corrected chi connectivity index (χ0v) is 19.3. The van der Waals surface area contributed by atoms with Crippen molar-refractivity contribution in [3.63, 3.8) is 0 Å². The first-order valence-electron chi connectivity index (χ1n) is 10.7. The van der Waals surface area contributed by atoms with Gasteiger partial charge >= 0.3 is 0 Å². The summed E-state index contributed by atoms with van der Waals surface area (Å²) in [5, 5.41) is 6.81. The minimum Gasteiger partial charge on any atom is -0.493 e. The first-order chi connectivity index (χ1) is 15.7. The van der Waals surface area contributed by atoms with E-state index < -0.39 is 0 Å². The van der Waals surface area contributed by atoms with Gasteiger partial charge in [-0.05, 0) is 23.3 Å². The molecular formula is C23H33N5O4. The molecule has 0 saturated carbocycles. The van der Waals surface area contributed by atoms with E-state index in [2.05, 4.69) is 31.6 Å². The first kappa shape index (κ1) is 23.6. The second-order valence-electron chi connectivity index (χ2n) is 7.29. The maximum atomic E-state index is 5.56. The standard InChI is InChI=1S/C23H33N5O4/c1-24-23(26-15-17-5-8-22(31-4)25-14-17)27-16-19(28-9-11-32-12-10-28)18-6-7-20(29-2)21(13-18)30-3/h5-8,13-14,19H,9-12,15-16H2,1-4H3,(H2,24,26,27). The van der Waals surface area contributed by atoms with Crippen molar-refractivity contribution in [1.29, 1.82) is 0 Å². The maximum Gasteiger partial charge on any atom is 0.212 e. The second-order valence-corrected chi connectivity index (χ2v) is 7.29. The molecule has 9 heteroatoms. The summed E-state index contributed by atoms with van der Waals surface area (Å²) in [5.74, 6) is 2.76. The molecule has 1 aliphatic heterocycles. The summed E-state index contributed by atoms with van der Waals surface area (Å²) in [6.07, 6.45) is 1.79. The van der Waals surface area contributed by atoms with Crippen molar-refractivity contribution < 1.29 is 18.9 Å². The summed E-state index contributed by atoms with van der Waals surface area (Å²) in [4.78, 5) is 11.0. The van der Waals surface area contributed by atoms with Crippen molar-refractivity contribution in [1.82, 2.24) is 20.5 Å². The lowest BCUT2D eigenvalue weighted by Gasteiger charge is -2.35. The molecule has 1 aromatic heterocycles. The van der Waals surface area contributed by atoms with E-state index in [-0.39, 0.29) is 6.04 Å². The smallest absolute Gasteiger partial charge is 0.212 e. The van der Waals surface area contributed by atoms with Crippen LogP contribution in [-0.2, 0) is 11.3 Å². The minimum absolute atomic E-state index is 0.125. The van der Waals surface area contributed by atoms with Gasteiger partial charge in [-0.2, -0.15) is 0 Å². The fraction of sp³-hybridized carbons (Fsp3) is 0.478. The van der Waals surface area contributed by atoms with E-state index in [1.54, 1.807) is 34.6 Å². The van der Waals surface area contributed by atoms with Gasteiger partial charge < -0.3 is 29.6 Å². The summed E-state index contributed by atoms with van der Waals surface area (Å²) in [7, 11) is 6.67. The molecule has 1 atom stereocenters. The number of guanidine groups is 1. The molecule has 1 unspecified atom stereocenters. The number of hydrogen-bond acceptors (Lipinski definition) is 7. The highest BCUT2D eigenvalue weighted by Gasteiger charge is 2.24. The Morgan fingerprint density at radius 1 is 1.06 bits per heavy atom. The fourth-order valence-electron chi connectivity index (χ4n) is 3.64. The molecule has 0 spiro atoms. The van der Waals surface area contributed by atoms with Gasteiger partial charge in [-0.1, -0.05) is 12.1 Å². The van der Waals surface area contributed by atoms with Crippen LogP contribution < -0.4 is 24.8 Å². The third kappa shape index (κ3) is 6.24. The molecule has 0 bridgehead atoms. The van der Waals surface area contributed by atoms with Crippen LogP contribution in [0, 0.1) is 0 Å². The van der Waals surface area contributed by atoms with Gasteiger partial charge in [0.25, 0.3) is 0 Å². The van der Waals surface area contributed by atoms with Crippen LogP contribution in [0.2, 0.25) is 0 Å². The Labute approximate surface area is 189 Å². The highest BCUT2D eigenvalue weighted by Crippen LogP contribution is 2.32. The molecule has 2 heterocycles. The minimum atomic E-state index is 0.125. The summed E-state index contributed by atoms with van der Waals surface area (Å²) in [6.45, 7) is 4.46. The predicted molar refractivity (Wildman–Crippen MR) is 124 cm³/mol. The maximum absolute atomic E-state index is 5.56. The molecule has 9 nitrogen and oxygen atoms in total. The lowest BCUT2D eigenvalue weighted by atomic mass is 10.0. The number of aromatic nitrogens is 1. The van der Waals surface area contributed by atoms with E-state index in [1.807, 2.05) is 24.3 Å². The second kappa shape index (κ2) is 12.1. The van der Waals surface area contributed by atoms with Gasteiger partial charge in [-0.25, -0.2) is 4.98 Å². The quantitative estimate of drug-likeness (QED) is 0.448. The van der Waals surface area contributed by atoms with E-state index in [1.165, 1.54) is 0 Å². The number of nitrogens with one attached hydrogen (secondary N) is 2. The Bertz CT molecular complexity index is 869. The molecule has 3 rings (SSSR count). The topological polar surface area (TPSA) is 89.5 Å². The van der Waals surface area contributed by atoms with E-state index in [0.29, 0.717) is 19.0 Å². The van der Waals surface area contributed by atoms with Crippen LogP contribution >= 0.6 is 0 Å². The highest BCUT2D eigenvalue weighted by atomic mass is 16.5. The van der Waals surface area contributed by atoms with E-state index in [0.717, 1.165) is 54.9 Å². The van der Waals surface area contributed by atoms with Crippen LogP contribution in [0.25, 0.3) is 0 Å². The molecule has 1 aliphatic rings. The van der Waals surface area contributed by atoms with Gasteiger partial charge in [-0.3, -0.25) is 9.89 Å². The molecule has 174 valence electrons. The third-order valence-corrected chi connectivity index (χ3v) is 5.43. The number of rotatable bonds is 9. The predicted octanol–water partition coefficient (Wildman–Crippen LogP) is 1.85. The summed E-state index contributed by atoms with van der Waals surface area (Å²) >= 11 is 0. The fourth-order valence-corrected chi connectivity index (χ4v) is 3.64. The van der Waals surface area contributed by atoms with Crippen molar-refractivity contribution in [2.75, 3.05) is 61.2 Å². The number of methoxy groups -OCH3 is 3. The Morgan fingerprint density at radius 3 is 2.47 bits per heavy atom. The highest BCUT2D eigenvalue weighted by molar-refractivity contribution is 5.79.